The van der Waals surface area contributed by atoms with Gasteiger partial charge in [0.1, 0.15) is 11.9 Å². The maximum absolute atomic E-state index is 9.69. The van der Waals surface area contributed by atoms with Crippen molar-refractivity contribution in [1.29, 1.82) is 0 Å². The fraction of sp³-hybridized carbons (Fsp3) is 0.412. The summed E-state index contributed by atoms with van der Waals surface area (Å²) in [7, 11) is 0. The van der Waals surface area contributed by atoms with Crippen LogP contribution >= 0.6 is 0 Å². The van der Waals surface area contributed by atoms with Crippen LogP contribution in [0, 0.1) is 0 Å². The molecule has 1 saturated heterocycles. The van der Waals surface area contributed by atoms with Gasteiger partial charge in [-0.25, -0.2) is 15.0 Å². The summed E-state index contributed by atoms with van der Waals surface area (Å²) >= 11 is 0. The van der Waals surface area contributed by atoms with E-state index in [0.29, 0.717) is 23.1 Å². The highest BCUT2D eigenvalue weighted by Crippen LogP contribution is 2.25. The van der Waals surface area contributed by atoms with E-state index in [1.807, 2.05) is 18.2 Å². The van der Waals surface area contributed by atoms with Crippen LogP contribution in [0.2, 0.25) is 0 Å². The van der Waals surface area contributed by atoms with E-state index in [-0.39, 0.29) is 6.04 Å². The number of aliphatic hydroxyl groups excluding tert-OH is 1. The highest BCUT2D eigenvalue weighted by atomic mass is 16.4. The van der Waals surface area contributed by atoms with Crippen LogP contribution in [-0.2, 0) is 0 Å². The summed E-state index contributed by atoms with van der Waals surface area (Å²) in [6.07, 6.45) is 2.73. The normalized spacial score (nSPS) is 19.4. The van der Waals surface area contributed by atoms with Crippen LogP contribution in [-0.4, -0.2) is 50.7 Å². The van der Waals surface area contributed by atoms with E-state index in [4.69, 9.17) is 4.42 Å². The maximum Gasteiger partial charge on any atom is 0.300 e. The molecule has 3 aromatic heterocycles. The molecule has 4 heterocycles. The minimum atomic E-state index is -0.677. The lowest BCUT2D eigenvalue weighted by Gasteiger charge is -2.39. The van der Waals surface area contributed by atoms with E-state index >= 15 is 0 Å². The molecule has 0 aliphatic carbocycles. The highest BCUT2D eigenvalue weighted by molar-refractivity contribution is 5.69. The van der Waals surface area contributed by atoms with Crippen LogP contribution in [0.1, 0.15) is 25.8 Å². The molecular formula is C17H20N6O2. The van der Waals surface area contributed by atoms with Crippen LogP contribution in [0.25, 0.3) is 11.2 Å². The first kappa shape index (κ1) is 15.8. The molecule has 8 heteroatoms. The fourth-order valence-electron chi connectivity index (χ4n) is 3.09. The van der Waals surface area contributed by atoms with Gasteiger partial charge < -0.3 is 19.3 Å². The van der Waals surface area contributed by atoms with Crippen molar-refractivity contribution < 1.29 is 9.52 Å². The van der Waals surface area contributed by atoms with Crippen molar-refractivity contribution >= 4 is 23.1 Å². The molecule has 1 N–H and O–H groups in total. The van der Waals surface area contributed by atoms with E-state index in [9.17, 15) is 5.11 Å². The molecule has 0 aromatic carbocycles. The summed E-state index contributed by atoms with van der Waals surface area (Å²) < 4.78 is 5.82. The smallest absolute Gasteiger partial charge is 0.300 e. The van der Waals surface area contributed by atoms with Crippen LogP contribution in [0.15, 0.2) is 35.0 Å². The van der Waals surface area contributed by atoms with Gasteiger partial charge in [0.25, 0.3) is 6.01 Å². The summed E-state index contributed by atoms with van der Waals surface area (Å²) in [6.45, 7) is 6.12. The number of oxazole rings is 1. The molecule has 0 bridgehead atoms. The van der Waals surface area contributed by atoms with Gasteiger partial charge in [-0.15, -0.1) is 0 Å². The fourth-order valence-corrected chi connectivity index (χ4v) is 3.09. The lowest BCUT2D eigenvalue weighted by molar-refractivity contribution is 0.189. The van der Waals surface area contributed by atoms with Gasteiger partial charge in [0.2, 0.25) is 5.65 Å². The van der Waals surface area contributed by atoms with Crippen molar-refractivity contribution in [2.24, 2.45) is 0 Å². The lowest BCUT2D eigenvalue weighted by Crippen LogP contribution is -2.52. The SMILES string of the molecule is CC1CN(c2nc3ncccc3o2)CCN1c1ccnc([C@@H](C)O)n1. The molecule has 1 aliphatic rings. The Kier molecular flexibility index (Phi) is 3.96. The Labute approximate surface area is 145 Å². The third-order valence-electron chi connectivity index (χ3n) is 4.38. The Morgan fingerprint density at radius 3 is 2.84 bits per heavy atom. The lowest BCUT2D eigenvalue weighted by atomic mass is 10.2. The molecule has 2 atom stereocenters. The van der Waals surface area contributed by atoms with Crippen LogP contribution in [0.3, 0.4) is 0 Å². The van der Waals surface area contributed by atoms with Crippen LogP contribution < -0.4 is 9.80 Å². The summed E-state index contributed by atoms with van der Waals surface area (Å²) in [4.78, 5) is 21.6. The first-order chi connectivity index (χ1) is 12.1. The predicted molar refractivity (Wildman–Crippen MR) is 93.5 cm³/mol. The zero-order chi connectivity index (χ0) is 17.4. The van der Waals surface area contributed by atoms with Gasteiger partial charge in [0.15, 0.2) is 11.4 Å². The first-order valence-electron chi connectivity index (χ1n) is 8.36. The third-order valence-corrected chi connectivity index (χ3v) is 4.38. The predicted octanol–water partition coefficient (Wildman–Crippen LogP) is 1.78. The standard InChI is InChI=1S/C17H20N6O2/c1-11-10-22(17-21-16-13(25-17)4-3-6-18-16)8-9-23(11)14-5-7-19-15(20-14)12(2)24/h3-7,11-12,24H,8-10H2,1-2H3/t11?,12-/m1/s1. The minimum Gasteiger partial charge on any atom is -0.422 e. The molecule has 0 radical (unpaired) electrons. The zero-order valence-electron chi connectivity index (χ0n) is 14.2. The number of anilines is 2. The molecule has 1 unspecified atom stereocenters. The molecule has 4 rings (SSSR count). The Balaban J connectivity index is 1.53. The van der Waals surface area contributed by atoms with Gasteiger partial charge in [-0.2, -0.15) is 4.98 Å². The second kappa shape index (κ2) is 6.29. The summed E-state index contributed by atoms with van der Waals surface area (Å²) in [5.41, 5.74) is 1.33. The van der Waals surface area contributed by atoms with Crippen molar-refractivity contribution in [1.82, 2.24) is 19.9 Å². The summed E-state index contributed by atoms with van der Waals surface area (Å²) in [5, 5.41) is 9.69. The van der Waals surface area contributed by atoms with E-state index in [2.05, 4.69) is 36.7 Å². The molecule has 1 aliphatic heterocycles. The number of hydrogen-bond donors (Lipinski definition) is 1. The number of pyridine rings is 1. The van der Waals surface area contributed by atoms with Crippen molar-refractivity contribution in [2.45, 2.75) is 26.0 Å². The molecule has 1 fully saturated rings. The van der Waals surface area contributed by atoms with Crippen molar-refractivity contribution in [3.05, 3.63) is 36.4 Å². The Bertz CT molecular complexity index is 847. The highest BCUT2D eigenvalue weighted by Gasteiger charge is 2.28. The van der Waals surface area contributed by atoms with Gasteiger partial charge >= 0.3 is 0 Å². The molecule has 8 nitrogen and oxygen atoms in total. The van der Waals surface area contributed by atoms with Gasteiger partial charge in [-0.3, -0.25) is 0 Å². The van der Waals surface area contributed by atoms with E-state index in [1.54, 1.807) is 19.3 Å². The third kappa shape index (κ3) is 3.00. The van der Waals surface area contributed by atoms with Gasteiger partial charge in [-0.1, -0.05) is 0 Å². The molecule has 0 spiro atoms. The molecule has 3 aromatic rings. The summed E-state index contributed by atoms with van der Waals surface area (Å²) in [5.74, 6) is 1.27. The molecule has 25 heavy (non-hydrogen) atoms. The van der Waals surface area contributed by atoms with Crippen LogP contribution in [0.5, 0.6) is 0 Å². The molecule has 130 valence electrons. The summed E-state index contributed by atoms with van der Waals surface area (Å²) in [6, 6.07) is 6.41. The van der Waals surface area contributed by atoms with Gasteiger partial charge in [0, 0.05) is 38.1 Å². The van der Waals surface area contributed by atoms with Crippen molar-refractivity contribution in [3.8, 4) is 0 Å². The quantitative estimate of drug-likeness (QED) is 0.771. The minimum absolute atomic E-state index is 0.216. The number of nitrogens with zero attached hydrogens (tertiary/aromatic N) is 6. The first-order valence-corrected chi connectivity index (χ1v) is 8.36. The average molecular weight is 340 g/mol. The number of fused-ring (bicyclic) bond motifs is 1. The van der Waals surface area contributed by atoms with E-state index in [0.717, 1.165) is 25.5 Å². The number of aliphatic hydroxyl groups is 1. The number of piperazine rings is 1. The van der Waals surface area contributed by atoms with Gasteiger partial charge in [-0.05, 0) is 32.0 Å². The molecular weight excluding hydrogens is 320 g/mol. The number of rotatable bonds is 3. The second-order valence-electron chi connectivity index (χ2n) is 6.26. The Hall–Kier alpha value is -2.74. The van der Waals surface area contributed by atoms with Crippen molar-refractivity contribution in [2.75, 3.05) is 29.4 Å². The Morgan fingerprint density at radius 1 is 1.20 bits per heavy atom. The van der Waals surface area contributed by atoms with E-state index < -0.39 is 6.10 Å². The maximum atomic E-state index is 9.69. The van der Waals surface area contributed by atoms with Gasteiger partial charge in [0.05, 0.1) is 0 Å². The molecule has 0 saturated carbocycles. The number of hydrogen-bond acceptors (Lipinski definition) is 8. The monoisotopic (exact) mass is 340 g/mol. The number of aromatic nitrogens is 4. The van der Waals surface area contributed by atoms with Crippen LogP contribution in [0.4, 0.5) is 11.8 Å². The second-order valence-corrected chi connectivity index (χ2v) is 6.26. The Morgan fingerprint density at radius 2 is 2.08 bits per heavy atom. The topological polar surface area (TPSA) is 91.4 Å². The largest absolute Gasteiger partial charge is 0.422 e. The van der Waals surface area contributed by atoms with E-state index in [1.165, 1.54) is 0 Å². The molecule has 0 amide bonds. The average Bonchev–Trinajstić information content (AvgIpc) is 3.06. The van der Waals surface area contributed by atoms with Crippen molar-refractivity contribution in [3.63, 3.8) is 0 Å². The zero-order valence-corrected chi connectivity index (χ0v) is 14.2.